The molecule has 0 aliphatic carbocycles. The molecular weight excluding hydrogens is 184 g/mol. The lowest BCUT2D eigenvalue weighted by Crippen LogP contribution is -2.45. The fourth-order valence-corrected chi connectivity index (χ4v) is 0.780. The largest absolute Gasteiger partial charge is 0.396 e. The highest BCUT2D eigenvalue weighted by Crippen LogP contribution is 2.19. The minimum atomic E-state index is -1.26. The second kappa shape index (κ2) is 5.58. The normalized spacial score (nSPS) is 13.1. The lowest BCUT2D eigenvalue weighted by molar-refractivity contribution is -0.137. The molecule has 0 aliphatic rings. The van der Waals surface area contributed by atoms with Gasteiger partial charge in [-0.2, -0.15) is 5.26 Å². The van der Waals surface area contributed by atoms with Gasteiger partial charge in [0.2, 0.25) is 5.91 Å². The number of nitriles is 1. The van der Waals surface area contributed by atoms with Crippen molar-refractivity contribution in [1.82, 2.24) is 5.32 Å². The molecule has 0 bridgehead atoms. The van der Waals surface area contributed by atoms with Gasteiger partial charge in [0, 0.05) is 12.0 Å². The van der Waals surface area contributed by atoms with Crippen LogP contribution in [0.25, 0.3) is 0 Å². The summed E-state index contributed by atoms with van der Waals surface area (Å²) in [5, 5.41) is 29.0. The van der Waals surface area contributed by atoms with Gasteiger partial charge in [0.05, 0.1) is 19.1 Å². The van der Waals surface area contributed by atoms with E-state index in [4.69, 9.17) is 10.4 Å². The van der Waals surface area contributed by atoms with E-state index in [2.05, 4.69) is 5.32 Å². The molecule has 0 aromatic heterocycles. The van der Waals surface area contributed by atoms with Gasteiger partial charge in [-0.1, -0.05) is 13.8 Å². The number of aliphatic hydroxyl groups excluding tert-OH is 2. The second-order valence-electron chi connectivity index (χ2n) is 3.75. The molecular formula is C9H16N2O3. The Balaban J connectivity index is 4.07. The zero-order chi connectivity index (χ0) is 11.2. The monoisotopic (exact) mass is 200 g/mol. The number of hydrogen-bond donors (Lipinski definition) is 3. The Kier molecular flexibility index (Phi) is 5.13. The topological polar surface area (TPSA) is 93.3 Å². The summed E-state index contributed by atoms with van der Waals surface area (Å²) in [6.45, 7) is 3.11. The molecule has 0 fully saturated rings. The molecule has 0 saturated carbocycles. The molecule has 0 rings (SSSR count). The van der Waals surface area contributed by atoms with E-state index in [0.717, 1.165) is 0 Å². The molecule has 0 aromatic carbocycles. The van der Waals surface area contributed by atoms with E-state index >= 15 is 0 Å². The van der Waals surface area contributed by atoms with E-state index in [1.807, 2.05) is 6.07 Å². The molecule has 80 valence electrons. The number of nitrogens with zero attached hydrogens (tertiary/aromatic N) is 1. The molecule has 5 nitrogen and oxygen atoms in total. The molecule has 0 aromatic rings. The summed E-state index contributed by atoms with van der Waals surface area (Å²) in [5.74, 6) is -0.556. The maximum absolute atomic E-state index is 11.2. The standard InChI is InChI=1S/C9H16N2O3/c1-9(2,6-12)7(13)8(14)11-5-3-4-10/h7,12-13H,3,5-6H2,1-2H3,(H,11,14)/t7-/m1/s1. The van der Waals surface area contributed by atoms with Crippen LogP contribution in [0.4, 0.5) is 0 Å². The van der Waals surface area contributed by atoms with E-state index in [9.17, 15) is 9.90 Å². The first-order valence-corrected chi connectivity index (χ1v) is 4.39. The summed E-state index contributed by atoms with van der Waals surface area (Å²) in [6, 6.07) is 1.87. The molecule has 3 N–H and O–H groups in total. The predicted molar refractivity (Wildman–Crippen MR) is 50.1 cm³/mol. The number of aliphatic hydroxyl groups is 2. The number of hydrogen-bond acceptors (Lipinski definition) is 4. The first-order chi connectivity index (χ1) is 6.45. The molecule has 0 saturated heterocycles. The van der Waals surface area contributed by atoms with Crippen molar-refractivity contribution in [2.75, 3.05) is 13.2 Å². The number of carbonyl (C=O) groups is 1. The minimum absolute atomic E-state index is 0.206. The number of carbonyl (C=O) groups excluding carboxylic acids is 1. The summed E-state index contributed by atoms with van der Waals surface area (Å²) in [6.07, 6.45) is -1.05. The maximum Gasteiger partial charge on any atom is 0.249 e. The fourth-order valence-electron chi connectivity index (χ4n) is 0.780. The van der Waals surface area contributed by atoms with Crippen molar-refractivity contribution in [1.29, 1.82) is 5.26 Å². The summed E-state index contributed by atoms with van der Waals surface area (Å²) in [5.41, 5.74) is -0.864. The SMILES string of the molecule is CC(C)(CO)[C@H](O)C(=O)NCCC#N. The van der Waals surface area contributed by atoms with Gasteiger partial charge in [-0.25, -0.2) is 0 Å². The number of rotatable bonds is 5. The van der Waals surface area contributed by atoms with Crippen molar-refractivity contribution in [2.45, 2.75) is 26.4 Å². The van der Waals surface area contributed by atoms with Crippen molar-refractivity contribution >= 4 is 5.91 Å². The first kappa shape index (κ1) is 12.9. The highest BCUT2D eigenvalue weighted by atomic mass is 16.3. The Bertz CT molecular complexity index is 233. The Morgan fingerprint density at radius 1 is 1.64 bits per heavy atom. The van der Waals surface area contributed by atoms with E-state index in [-0.39, 0.29) is 19.6 Å². The van der Waals surface area contributed by atoms with Gasteiger partial charge in [0.15, 0.2) is 0 Å². The van der Waals surface area contributed by atoms with Gasteiger partial charge in [0.25, 0.3) is 0 Å². The van der Waals surface area contributed by atoms with Crippen LogP contribution in [0.15, 0.2) is 0 Å². The zero-order valence-corrected chi connectivity index (χ0v) is 8.45. The molecule has 14 heavy (non-hydrogen) atoms. The predicted octanol–water partition coefficient (Wildman–Crippen LogP) is -0.604. The van der Waals surface area contributed by atoms with Crippen LogP contribution in [0.5, 0.6) is 0 Å². The highest BCUT2D eigenvalue weighted by Gasteiger charge is 2.32. The molecule has 0 radical (unpaired) electrons. The van der Waals surface area contributed by atoms with Crippen molar-refractivity contribution in [3.8, 4) is 6.07 Å². The van der Waals surface area contributed by atoms with Gasteiger partial charge in [-0.15, -0.1) is 0 Å². The van der Waals surface area contributed by atoms with Crippen LogP contribution in [-0.2, 0) is 4.79 Å². The van der Waals surface area contributed by atoms with Crippen LogP contribution in [0, 0.1) is 16.7 Å². The van der Waals surface area contributed by atoms with Crippen molar-refractivity contribution in [3.05, 3.63) is 0 Å². The van der Waals surface area contributed by atoms with E-state index < -0.39 is 17.4 Å². The van der Waals surface area contributed by atoms with E-state index in [0.29, 0.717) is 0 Å². The Hall–Kier alpha value is -1.12. The molecule has 1 amide bonds. The van der Waals surface area contributed by atoms with Crippen LogP contribution >= 0.6 is 0 Å². The van der Waals surface area contributed by atoms with Crippen molar-refractivity contribution in [3.63, 3.8) is 0 Å². The number of amides is 1. The molecule has 0 aliphatic heterocycles. The van der Waals surface area contributed by atoms with Crippen LogP contribution < -0.4 is 5.32 Å². The summed E-state index contributed by atoms with van der Waals surface area (Å²) >= 11 is 0. The summed E-state index contributed by atoms with van der Waals surface area (Å²) in [4.78, 5) is 11.2. The summed E-state index contributed by atoms with van der Waals surface area (Å²) in [7, 11) is 0. The number of nitrogens with one attached hydrogen (secondary N) is 1. The smallest absolute Gasteiger partial charge is 0.249 e. The third-order valence-corrected chi connectivity index (χ3v) is 1.93. The van der Waals surface area contributed by atoms with Crippen LogP contribution in [0.2, 0.25) is 0 Å². The zero-order valence-electron chi connectivity index (χ0n) is 8.45. The van der Waals surface area contributed by atoms with Gasteiger partial charge < -0.3 is 15.5 Å². The average molecular weight is 200 g/mol. The maximum atomic E-state index is 11.2. The average Bonchev–Trinajstić information content (AvgIpc) is 2.17. The van der Waals surface area contributed by atoms with E-state index in [1.54, 1.807) is 13.8 Å². The van der Waals surface area contributed by atoms with Crippen LogP contribution in [0.3, 0.4) is 0 Å². The third-order valence-electron chi connectivity index (χ3n) is 1.93. The quantitative estimate of drug-likeness (QED) is 0.516. The second-order valence-corrected chi connectivity index (χ2v) is 3.75. The van der Waals surface area contributed by atoms with Gasteiger partial charge in [-0.3, -0.25) is 4.79 Å². The van der Waals surface area contributed by atoms with Gasteiger partial charge in [0.1, 0.15) is 6.10 Å². The Morgan fingerprint density at radius 3 is 2.64 bits per heavy atom. The summed E-state index contributed by atoms with van der Waals surface area (Å²) < 4.78 is 0. The molecule has 0 heterocycles. The lowest BCUT2D eigenvalue weighted by Gasteiger charge is -2.26. The Labute approximate surface area is 83.4 Å². The molecule has 0 unspecified atom stereocenters. The van der Waals surface area contributed by atoms with Crippen molar-refractivity contribution in [2.24, 2.45) is 5.41 Å². The highest BCUT2D eigenvalue weighted by molar-refractivity contribution is 5.81. The van der Waals surface area contributed by atoms with Gasteiger partial charge in [-0.05, 0) is 0 Å². The first-order valence-electron chi connectivity index (χ1n) is 4.39. The van der Waals surface area contributed by atoms with Crippen molar-refractivity contribution < 1.29 is 15.0 Å². The molecule has 0 spiro atoms. The van der Waals surface area contributed by atoms with E-state index in [1.165, 1.54) is 0 Å². The van der Waals surface area contributed by atoms with Crippen LogP contribution in [0.1, 0.15) is 20.3 Å². The molecule has 1 atom stereocenters. The van der Waals surface area contributed by atoms with Gasteiger partial charge >= 0.3 is 0 Å². The minimum Gasteiger partial charge on any atom is -0.396 e. The lowest BCUT2D eigenvalue weighted by atomic mass is 9.87. The fraction of sp³-hybridized carbons (Fsp3) is 0.778. The van der Waals surface area contributed by atoms with Crippen LogP contribution in [-0.4, -0.2) is 35.4 Å². The third kappa shape index (κ3) is 3.73. The molecule has 5 heteroatoms. The Morgan fingerprint density at radius 2 is 2.21 bits per heavy atom.